The molecule has 0 aliphatic carbocycles. The number of Topliss-reactive ketones (excluding diaryl/α,β-unsaturated/α-hetero) is 1. The summed E-state index contributed by atoms with van der Waals surface area (Å²) < 4.78 is 5.03. The summed E-state index contributed by atoms with van der Waals surface area (Å²) >= 11 is 6.04. The normalized spacial score (nSPS) is 15.9. The van der Waals surface area contributed by atoms with E-state index in [1.54, 1.807) is 24.0 Å². The van der Waals surface area contributed by atoms with Gasteiger partial charge in [0, 0.05) is 23.8 Å². The number of anilines is 1. The third-order valence-electron chi connectivity index (χ3n) is 4.70. The van der Waals surface area contributed by atoms with E-state index < -0.39 is 5.54 Å². The van der Waals surface area contributed by atoms with Crippen LogP contribution in [0.5, 0.6) is 0 Å². The van der Waals surface area contributed by atoms with E-state index >= 15 is 0 Å². The highest BCUT2D eigenvalue weighted by atomic mass is 35.5. The Morgan fingerprint density at radius 2 is 1.93 bits per heavy atom. The van der Waals surface area contributed by atoms with E-state index in [-0.39, 0.29) is 24.3 Å². The number of benzene rings is 1. The molecule has 1 heterocycles. The van der Waals surface area contributed by atoms with Gasteiger partial charge in [-0.2, -0.15) is 0 Å². The molecule has 0 atom stereocenters. The van der Waals surface area contributed by atoms with Crippen LogP contribution < -0.4 is 10.6 Å². The smallest absolute Gasteiger partial charge is 0.409 e. The van der Waals surface area contributed by atoms with Gasteiger partial charge in [-0.3, -0.25) is 14.9 Å². The molecule has 2 amide bonds. The van der Waals surface area contributed by atoms with Gasteiger partial charge in [0.05, 0.1) is 13.2 Å². The SMILES string of the molecule is CCOC(=O)N1CCC(NCC(C)=O)(C(=O)Nc2cc(Cl)ccc2C)CC1. The zero-order valence-corrected chi connectivity index (χ0v) is 16.7. The second-order valence-corrected chi connectivity index (χ2v) is 7.17. The van der Waals surface area contributed by atoms with Crippen LogP contribution in [0.4, 0.5) is 10.5 Å². The molecule has 0 radical (unpaired) electrons. The Balaban J connectivity index is 2.16. The predicted molar refractivity (Wildman–Crippen MR) is 104 cm³/mol. The van der Waals surface area contributed by atoms with E-state index in [1.165, 1.54) is 6.92 Å². The van der Waals surface area contributed by atoms with Crippen molar-refractivity contribution in [2.45, 2.75) is 39.2 Å². The minimum absolute atomic E-state index is 0.0612. The molecule has 1 aromatic carbocycles. The maximum Gasteiger partial charge on any atom is 0.409 e. The summed E-state index contributed by atoms with van der Waals surface area (Å²) in [5.74, 6) is -0.299. The van der Waals surface area contributed by atoms with E-state index in [0.717, 1.165) is 5.56 Å². The minimum Gasteiger partial charge on any atom is -0.450 e. The lowest BCUT2D eigenvalue weighted by atomic mass is 9.86. The number of amides is 2. The van der Waals surface area contributed by atoms with Crippen molar-refractivity contribution in [2.75, 3.05) is 31.6 Å². The van der Waals surface area contributed by atoms with Crippen molar-refractivity contribution in [2.24, 2.45) is 0 Å². The molecule has 1 saturated heterocycles. The number of halogens is 1. The lowest BCUT2D eigenvalue weighted by molar-refractivity contribution is -0.125. The van der Waals surface area contributed by atoms with Gasteiger partial charge >= 0.3 is 6.09 Å². The van der Waals surface area contributed by atoms with E-state index in [9.17, 15) is 14.4 Å². The fourth-order valence-electron chi connectivity index (χ4n) is 3.03. The number of carbonyl (C=O) groups is 3. The van der Waals surface area contributed by atoms with Crippen LogP contribution in [-0.2, 0) is 14.3 Å². The standard InChI is InChI=1S/C19H26ClN3O4/c1-4-27-18(26)23-9-7-19(8-10-23,21-12-14(3)24)17(25)22-16-11-15(20)6-5-13(16)2/h5-6,11,21H,4,7-10,12H2,1-3H3,(H,22,25). The van der Waals surface area contributed by atoms with Gasteiger partial charge in [0.25, 0.3) is 0 Å². The number of ether oxygens (including phenoxy) is 1. The molecule has 1 aromatic rings. The van der Waals surface area contributed by atoms with Crippen molar-refractivity contribution in [3.05, 3.63) is 28.8 Å². The Bertz CT molecular complexity index is 715. The lowest BCUT2D eigenvalue weighted by Gasteiger charge is -2.40. The van der Waals surface area contributed by atoms with Gasteiger partial charge in [0.2, 0.25) is 5.91 Å². The summed E-state index contributed by atoms with van der Waals surface area (Å²) in [6, 6.07) is 5.28. The van der Waals surface area contributed by atoms with Crippen molar-refractivity contribution < 1.29 is 19.1 Å². The van der Waals surface area contributed by atoms with Crippen LogP contribution in [0.25, 0.3) is 0 Å². The van der Waals surface area contributed by atoms with Crippen molar-refractivity contribution in [3.63, 3.8) is 0 Å². The third kappa shape index (κ3) is 5.43. The molecule has 2 N–H and O–H groups in total. The predicted octanol–water partition coefficient (Wildman–Crippen LogP) is 2.76. The molecule has 8 heteroatoms. The lowest BCUT2D eigenvalue weighted by Crippen LogP contribution is -2.61. The van der Waals surface area contributed by atoms with Gasteiger partial charge in [-0.25, -0.2) is 4.79 Å². The van der Waals surface area contributed by atoms with Gasteiger partial charge < -0.3 is 15.0 Å². The van der Waals surface area contributed by atoms with Gasteiger partial charge in [-0.05, 0) is 51.3 Å². The summed E-state index contributed by atoms with van der Waals surface area (Å²) in [7, 11) is 0. The van der Waals surface area contributed by atoms with Crippen LogP contribution in [-0.4, -0.2) is 54.5 Å². The molecule has 148 valence electrons. The molecule has 0 saturated carbocycles. The number of ketones is 1. The molecule has 0 bridgehead atoms. The summed E-state index contributed by atoms with van der Waals surface area (Å²) in [6.45, 7) is 6.22. The van der Waals surface area contributed by atoms with Crippen molar-refractivity contribution in [3.8, 4) is 0 Å². The molecular weight excluding hydrogens is 370 g/mol. The molecule has 0 unspecified atom stereocenters. The first-order valence-electron chi connectivity index (χ1n) is 9.01. The van der Waals surface area contributed by atoms with Gasteiger partial charge in [0.1, 0.15) is 11.3 Å². The fourth-order valence-corrected chi connectivity index (χ4v) is 3.21. The van der Waals surface area contributed by atoms with Gasteiger partial charge in [-0.15, -0.1) is 0 Å². The monoisotopic (exact) mass is 395 g/mol. The average molecular weight is 396 g/mol. The zero-order chi connectivity index (χ0) is 20.0. The number of aryl methyl sites for hydroxylation is 1. The average Bonchev–Trinajstić information content (AvgIpc) is 2.63. The third-order valence-corrected chi connectivity index (χ3v) is 4.94. The first kappa shape index (κ1) is 21.2. The summed E-state index contributed by atoms with van der Waals surface area (Å²) in [5, 5.41) is 6.56. The number of hydrogen-bond acceptors (Lipinski definition) is 5. The molecule has 0 aromatic heterocycles. The first-order valence-corrected chi connectivity index (χ1v) is 9.39. The van der Waals surface area contributed by atoms with E-state index in [4.69, 9.17) is 16.3 Å². The topological polar surface area (TPSA) is 87.7 Å². The summed E-state index contributed by atoms with van der Waals surface area (Å²) in [4.78, 5) is 38.1. The van der Waals surface area contributed by atoms with E-state index in [0.29, 0.717) is 43.2 Å². The van der Waals surface area contributed by atoms with Crippen LogP contribution >= 0.6 is 11.6 Å². The minimum atomic E-state index is -0.941. The maximum atomic E-state index is 13.1. The molecule has 0 spiro atoms. The van der Waals surface area contributed by atoms with Crippen molar-refractivity contribution >= 4 is 35.1 Å². The van der Waals surface area contributed by atoms with Crippen LogP contribution in [0.2, 0.25) is 5.02 Å². The van der Waals surface area contributed by atoms with Crippen LogP contribution in [0.3, 0.4) is 0 Å². The number of piperidine rings is 1. The number of nitrogens with zero attached hydrogens (tertiary/aromatic N) is 1. The molecular formula is C19H26ClN3O4. The largest absolute Gasteiger partial charge is 0.450 e. The van der Waals surface area contributed by atoms with Gasteiger partial charge in [-0.1, -0.05) is 17.7 Å². The molecule has 2 rings (SSSR count). The quantitative estimate of drug-likeness (QED) is 0.773. The van der Waals surface area contributed by atoms with Crippen LogP contribution in [0.15, 0.2) is 18.2 Å². The van der Waals surface area contributed by atoms with Crippen LogP contribution in [0.1, 0.15) is 32.3 Å². The zero-order valence-electron chi connectivity index (χ0n) is 15.9. The van der Waals surface area contributed by atoms with Crippen molar-refractivity contribution in [1.82, 2.24) is 10.2 Å². The Morgan fingerprint density at radius 3 is 2.52 bits per heavy atom. The second-order valence-electron chi connectivity index (χ2n) is 6.74. The van der Waals surface area contributed by atoms with E-state index in [1.807, 2.05) is 13.0 Å². The Hall–Kier alpha value is -2.12. The Labute approximate surface area is 164 Å². The molecule has 1 fully saturated rings. The summed E-state index contributed by atoms with van der Waals surface area (Å²) in [6.07, 6.45) is 0.374. The number of likely N-dealkylation sites (tertiary alicyclic amines) is 1. The Morgan fingerprint density at radius 1 is 1.26 bits per heavy atom. The van der Waals surface area contributed by atoms with E-state index in [2.05, 4.69) is 10.6 Å². The summed E-state index contributed by atoms with van der Waals surface area (Å²) in [5.41, 5.74) is 0.575. The Kier molecular flexibility index (Phi) is 7.21. The van der Waals surface area contributed by atoms with Crippen LogP contribution in [0, 0.1) is 6.92 Å². The second kappa shape index (κ2) is 9.19. The number of carbonyl (C=O) groups excluding carboxylic acids is 3. The molecule has 7 nitrogen and oxygen atoms in total. The number of hydrogen-bond donors (Lipinski definition) is 2. The maximum absolute atomic E-state index is 13.1. The van der Waals surface area contributed by atoms with Crippen molar-refractivity contribution in [1.29, 1.82) is 0 Å². The molecule has 27 heavy (non-hydrogen) atoms. The molecule has 1 aliphatic rings. The number of nitrogens with one attached hydrogen (secondary N) is 2. The number of rotatable bonds is 6. The molecule has 1 aliphatic heterocycles. The highest BCUT2D eigenvalue weighted by Gasteiger charge is 2.42. The fraction of sp³-hybridized carbons (Fsp3) is 0.526. The van der Waals surface area contributed by atoms with Gasteiger partial charge in [0.15, 0.2) is 0 Å². The highest BCUT2D eigenvalue weighted by Crippen LogP contribution is 2.27. The highest BCUT2D eigenvalue weighted by molar-refractivity contribution is 6.31. The first-order chi connectivity index (χ1) is 12.8.